The monoisotopic (exact) mass is 403 g/mol. The van der Waals surface area contributed by atoms with E-state index in [0.29, 0.717) is 12.6 Å². The van der Waals surface area contributed by atoms with Crippen LogP contribution in [0.4, 0.5) is 0 Å². The SMILES string of the molecule is COc1ccc([C@H](CN=Cc2cc(Br)ccc2O)[NH+]2CCCC2)cc1. The molecule has 2 N–H and O–H groups in total. The zero-order valence-electron chi connectivity index (χ0n) is 14.4. The smallest absolute Gasteiger partial charge is 0.133 e. The Morgan fingerprint density at radius 1 is 1.20 bits per heavy atom. The standard InChI is InChI=1S/C20H23BrN2O2/c1-25-18-7-4-15(5-8-18)19(23-10-2-3-11-23)14-22-13-16-12-17(21)6-9-20(16)24/h4-9,12-13,19,24H,2-3,10-11,14H2,1H3/p+1/t19-/m0/s1. The van der Waals surface area contributed by atoms with Gasteiger partial charge in [0.1, 0.15) is 17.5 Å². The Kier molecular flexibility index (Phi) is 6.10. The third-order valence-corrected chi connectivity index (χ3v) is 5.26. The van der Waals surface area contributed by atoms with Gasteiger partial charge in [0.25, 0.3) is 0 Å². The van der Waals surface area contributed by atoms with Gasteiger partial charge in [0.15, 0.2) is 0 Å². The Morgan fingerprint density at radius 2 is 1.92 bits per heavy atom. The van der Waals surface area contributed by atoms with Gasteiger partial charge >= 0.3 is 0 Å². The van der Waals surface area contributed by atoms with Crippen molar-refractivity contribution >= 4 is 22.1 Å². The van der Waals surface area contributed by atoms with E-state index in [1.807, 2.05) is 24.3 Å². The predicted octanol–water partition coefficient (Wildman–Crippen LogP) is 3.00. The van der Waals surface area contributed by atoms with Crippen molar-refractivity contribution in [2.45, 2.75) is 18.9 Å². The number of nitrogens with zero attached hydrogens (tertiary/aromatic N) is 1. The molecule has 0 bridgehead atoms. The summed E-state index contributed by atoms with van der Waals surface area (Å²) >= 11 is 3.43. The minimum absolute atomic E-state index is 0.251. The molecule has 132 valence electrons. The first kappa shape index (κ1) is 18.0. The highest BCUT2D eigenvalue weighted by atomic mass is 79.9. The number of hydrogen-bond acceptors (Lipinski definition) is 3. The number of ether oxygens (including phenoxy) is 1. The Labute approximate surface area is 157 Å². The van der Waals surface area contributed by atoms with Gasteiger partial charge in [-0.1, -0.05) is 15.9 Å². The lowest BCUT2D eigenvalue weighted by molar-refractivity contribution is -0.918. The van der Waals surface area contributed by atoms with Gasteiger partial charge in [-0.2, -0.15) is 0 Å². The van der Waals surface area contributed by atoms with Crippen molar-refractivity contribution in [3.63, 3.8) is 0 Å². The van der Waals surface area contributed by atoms with Crippen LogP contribution >= 0.6 is 15.9 Å². The molecule has 0 amide bonds. The first-order chi connectivity index (χ1) is 12.2. The molecule has 0 aliphatic carbocycles. The number of methoxy groups -OCH3 is 1. The zero-order valence-corrected chi connectivity index (χ0v) is 16.0. The van der Waals surface area contributed by atoms with E-state index < -0.39 is 0 Å². The molecule has 25 heavy (non-hydrogen) atoms. The van der Waals surface area contributed by atoms with Crippen LogP contribution in [-0.2, 0) is 0 Å². The molecule has 5 heteroatoms. The summed E-state index contributed by atoms with van der Waals surface area (Å²) in [7, 11) is 1.69. The van der Waals surface area contributed by atoms with E-state index in [1.54, 1.807) is 24.3 Å². The van der Waals surface area contributed by atoms with Crippen molar-refractivity contribution in [2.24, 2.45) is 4.99 Å². The molecule has 3 rings (SSSR count). The Hall–Kier alpha value is -1.85. The Morgan fingerprint density at radius 3 is 2.60 bits per heavy atom. The van der Waals surface area contributed by atoms with Crippen molar-refractivity contribution in [3.8, 4) is 11.5 Å². The predicted molar refractivity (Wildman–Crippen MR) is 104 cm³/mol. The maximum atomic E-state index is 9.96. The van der Waals surface area contributed by atoms with Crippen LogP contribution in [0.2, 0.25) is 0 Å². The zero-order chi connectivity index (χ0) is 17.6. The molecule has 4 nitrogen and oxygen atoms in total. The quantitative estimate of drug-likeness (QED) is 0.728. The number of phenols is 1. The molecular formula is C20H24BrN2O2+. The largest absolute Gasteiger partial charge is 0.507 e. The van der Waals surface area contributed by atoms with E-state index in [9.17, 15) is 5.11 Å². The highest BCUT2D eigenvalue weighted by Gasteiger charge is 2.27. The first-order valence-electron chi connectivity index (χ1n) is 8.64. The second kappa shape index (κ2) is 8.50. The van der Waals surface area contributed by atoms with Gasteiger partial charge in [-0.25, -0.2) is 0 Å². The fourth-order valence-corrected chi connectivity index (χ4v) is 3.75. The molecule has 1 atom stereocenters. The van der Waals surface area contributed by atoms with Gasteiger partial charge in [0.2, 0.25) is 0 Å². The molecule has 0 radical (unpaired) electrons. The number of benzene rings is 2. The molecule has 1 saturated heterocycles. The van der Waals surface area contributed by atoms with E-state index in [4.69, 9.17) is 4.74 Å². The fraction of sp³-hybridized carbons (Fsp3) is 0.350. The van der Waals surface area contributed by atoms with Crippen LogP contribution < -0.4 is 9.64 Å². The average Bonchev–Trinajstić information content (AvgIpc) is 3.16. The van der Waals surface area contributed by atoms with Crippen LogP contribution in [0.15, 0.2) is 51.9 Å². The summed E-state index contributed by atoms with van der Waals surface area (Å²) < 4.78 is 6.20. The number of hydrogen-bond donors (Lipinski definition) is 2. The van der Waals surface area contributed by atoms with E-state index in [-0.39, 0.29) is 5.75 Å². The number of nitrogens with one attached hydrogen (secondary N) is 1. The highest BCUT2D eigenvalue weighted by Crippen LogP contribution is 2.21. The summed E-state index contributed by atoms with van der Waals surface area (Å²) in [5.74, 6) is 1.13. The lowest BCUT2D eigenvalue weighted by Crippen LogP contribution is -3.10. The molecular weight excluding hydrogens is 380 g/mol. The maximum Gasteiger partial charge on any atom is 0.133 e. The van der Waals surface area contributed by atoms with E-state index >= 15 is 0 Å². The van der Waals surface area contributed by atoms with Crippen LogP contribution in [0.5, 0.6) is 11.5 Å². The van der Waals surface area contributed by atoms with Crippen molar-refractivity contribution in [1.29, 1.82) is 0 Å². The van der Waals surface area contributed by atoms with E-state index in [2.05, 4.69) is 33.1 Å². The van der Waals surface area contributed by atoms with Crippen LogP contribution in [0, 0.1) is 0 Å². The number of halogens is 1. The van der Waals surface area contributed by atoms with Gasteiger partial charge in [0.05, 0.1) is 26.7 Å². The minimum Gasteiger partial charge on any atom is -0.507 e. The number of aromatic hydroxyl groups is 1. The lowest BCUT2D eigenvalue weighted by Gasteiger charge is -2.23. The Balaban J connectivity index is 1.77. The molecule has 1 aliphatic rings. The number of rotatable bonds is 6. The second-order valence-electron chi connectivity index (χ2n) is 6.39. The number of likely N-dealkylation sites (tertiary alicyclic amines) is 1. The van der Waals surface area contributed by atoms with Gasteiger partial charge in [-0.15, -0.1) is 0 Å². The van der Waals surface area contributed by atoms with Crippen LogP contribution in [0.1, 0.15) is 30.0 Å². The number of quaternary nitrogens is 1. The first-order valence-corrected chi connectivity index (χ1v) is 9.43. The summed E-state index contributed by atoms with van der Waals surface area (Å²) in [5.41, 5.74) is 2.02. The topological polar surface area (TPSA) is 46.3 Å². The summed E-state index contributed by atoms with van der Waals surface area (Å²) in [5, 5.41) is 9.96. The average molecular weight is 404 g/mol. The van der Waals surface area contributed by atoms with E-state index in [1.165, 1.54) is 31.5 Å². The molecule has 2 aromatic rings. The lowest BCUT2D eigenvalue weighted by atomic mass is 10.1. The summed E-state index contributed by atoms with van der Waals surface area (Å²) in [6, 6.07) is 14.0. The molecule has 0 aromatic heterocycles. The fourth-order valence-electron chi connectivity index (χ4n) is 3.37. The maximum absolute atomic E-state index is 9.96. The van der Waals surface area contributed by atoms with Crippen molar-refractivity contribution in [3.05, 3.63) is 58.1 Å². The summed E-state index contributed by atoms with van der Waals surface area (Å²) in [4.78, 5) is 6.23. The van der Waals surface area contributed by atoms with Crippen molar-refractivity contribution < 1.29 is 14.7 Å². The van der Waals surface area contributed by atoms with Gasteiger partial charge in [0, 0.05) is 34.7 Å². The van der Waals surface area contributed by atoms with Crippen LogP contribution in [0.3, 0.4) is 0 Å². The van der Waals surface area contributed by atoms with Crippen molar-refractivity contribution in [2.75, 3.05) is 26.7 Å². The minimum atomic E-state index is 0.251. The summed E-state index contributed by atoms with van der Waals surface area (Å²) in [6.45, 7) is 3.08. The van der Waals surface area contributed by atoms with Crippen molar-refractivity contribution in [1.82, 2.24) is 0 Å². The van der Waals surface area contributed by atoms with Crippen LogP contribution in [0.25, 0.3) is 0 Å². The normalized spacial score (nSPS) is 16.4. The van der Waals surface area contributed by atoms with Gasteiger partial charge in [-0.3, -0.25) is 4.99 Å². The molecule has 0 spiro atoms. The Bertz CT molecular complexity index is 725. The third-order valence-electron chi connectivity index (χ3n) is 4.76. The third kappa shape index (κ3) is 4.61. The molecule has 2 aromatic carbocycles. The number of aliphatic imine (C=N–C) groups is 1. The molecule has 1 aliphatic heterocycles. The van der Waals surface area contributed by atoms with E-state index in [0.717, 1.165) is 15.8 Å². The molecule has 0 saturated carbocycles. The molecule has 1 heterocycles. The number of phenolic OH excluding ortho intramolecular Hbond substituents is 1. The second-order valence-corrected chi connectivity index (χ2v) is 7.30. The summed E-state index contributed by atoms with van der Waals surface area (Å²) in [6.07, 6.45) is 4.32. The van der Waals surface area contributed by atoms with Gasteiger partial charge in [-0.05, 0) is 42.5 Å². The molecule has 0 unspecified atom stereocenters. The molecule has 1 fully saturated rings. The van der Waals surface area contributed by atoms with Gasteiger partial charge < -0.3 is 14.7 Å². The van der Waals surface area contributed by atoms with Crippen LogP contribution in [-0.4, -0.2) is 38.1 Å². The highest BCUT2D eigenvalue weighted by molar-refractivity contribution is 9.10.